The fraction of sp³-hybridized carbons (Fsp3) is 0.636. The summed E-state index contributed by atoms with van der Waals surface area (Å²) in [6, 6.07) is 6.16. The quantitative estimate of drug-likeness (QED) is 0.885. The molecule has 0 bridgehead atoms. The highest BCUT2D eigenvalue weighted by Crippen LogP contribution is 2.32. The summed E-state index contributed by atoms with van der Waals surface area (Å²) < 4.78 is 0. The van der Waals surface area contributed by atoms with Crippen molar-refractivity contribution in [1.29, 1.82) is 0 Å². The number of aryl methyl sites for hydroxylation is 2. The first-order chi connectivity index (χ1) is 13.0. The van der Waals surface area contributed by atoms with E-state index in [4.69, 9.17) is 0 Å². The molecule has 1 saturated heterocycles. The zero-order chi connectivity index (χ0) is 19.4. The van der Waals surface area contributed by atoms with Gasteiger partial charge in [0.05, 0.1) is 0 Å². The molecule has 5 heteroatoms. The molecule has 1 aromatic rings. The van der Waals surface area contributed by atoms with Crippen LogP contribution in [0.15, 0.2) is 18.2 Å². The minimum Gasteiger partial charge on any atom is -0.340 e. The number of likely N-dealkylation sites (N-methyl/N-ethyl adjacent to an activating group) is 1. The summed E-state index contributed by atoms with van der Waals surface area (Å²) in [5.74, 6) is 0.534. The van der Waals surface area contributed by atoms with Gasteiger partial charge in [0.1, 0.15) is 0 Å². The van der Waals surface area contributed by atoms with Gasteiger partial charge in [0, 0.05) is 43.7 Å². The molecule has 1 aliphatic heterocycles. The summed E-state index contributed by atoms with van der Waals surface area (Å²) in [5.41, 5.74) is 3.27. The highest BCUT2D eigenvalue weighted by atomic mass is 16.2. The van der Waals surface area contributed by atoms with Crippen molar-refractivity contribution in [3.63, 3.8) is 0 Å². The van der Waals surface area contributed by atoms with Crippen molar-refractivity contribution in [2.75, 3.05) is 38.5 Å². The van der Waals surface area contributed by atoms with Crippen molar-refractivity contribution >= 4 is 17.5 Å². The van der Waals surface area contributed by atoms with Gasteiger partial charge >= 0.3 is 0 Å². The van der Waals surface area contributed by atoms with Crippen LogP contribution in [0.3, 0.4) is 0 Å². The van der Waals surface area contributed by atoms with E-state index in [9.17, 15) is 9.59 Å². The molecule has 0 unspecified atom stereocenters. The lowest BCUT2D eigenvalue weighted by atomic mass is 9.80. The molecule has 27 heavy (non-hydrogen) atoms. The zero-order valence-electron chi connectivity index (χ0n) is 17.0. The van der Waals surface area contributed by atoms with Crippen LogP contribution in [0.5, 0.6) is 0 Å². The SMILES string of the molecule is CCc1cccc(C)c1NC(=O)C1CCC(C(=O)N2CCN(C)CC2)CC1. The minimum atomic E-state index is 0.0193. The van der Waals surface area contributed by atoms with E-state index in [1.807, 2.05) is 24.0 Å². The number of nitrogens with one attached hydrogen (secondary N) is 1. The van der Waals surface area contributed by atoms with Crippen molar-refractivity contribution in [2.24, 2.45) is 11.8 Å². The van der Waals surface area contributed by atoms with Crippen molar-refractivity contribution in [3.8, 4) is 0 Å². The Morgan fingerprint density at radius 1 is 1.04 bits per heavy atom. The van der Waals surface area contributed by atoms with Crippen molar-refractivity contribution in [2.45, 2.75) is 46.0 Å². The number of benzene rings is 1. The third-order valence-electron chi connectivity index (χ3n) is 6.25. The number of rotatable bonds is 4. The van der Waals surface area contributed by atoms with Crippen molar-refractivity contribution in [3.05, 3.63) is 29.3 Å². The molecule has 1 aromatic carbocycles. The van der Waals surface area contributed by atoms with E-state index in [0.29, 0.717) is 5.91 Å². The monoisotopic (exact) mass is 371 g/mol. The number of hydrogen-bond donors (Lipinski definition) is 1. The van der Waals surface area contributed by atoms with E-state index in [0.717, 1.165) is 69.5 Å². The number of amides is 2. The molecule has 1 aliphatic carbocycles. The highest BCUT2D eigenvalue weighted by Gasteiger charge is 2.33. The number of para-hydroxylation sites is 1. The van der Waals surface area contributed by atoms with E-state index >= 15 is 0 Å². The van der Waals surface area contributed by atoms with E-state index in [1.165, 1.54) is 5.56 Å². The molecule has 3 rings (SSSR count). The van der Waals surface area contributed by atoms with Gasteiger partial charge in [-0.05, 0) is 57.2 Å². The predicted molar refractivity (Wildman–Crippen MR) is 109 cm³/mol. The summed E-state index contributed by atoms with van der Waals surface area (Å²) in [5, 5.41) is 3.17. The number of anilines is 1. The Morgan fingerprint density at radius 3 is 2.30 bits per heavy atom. The lowest BCUT2D eigenvalue weighted by Gasteiger charge is -2.36. The van der Waals surface area contributed by atoms with Crippen LogP contribution in [0.4, 0.5) is 5.69 Å². The molecular weight excluding hydrogens is 338 g/mol. The summed E-state index contributed by atoms with van der Waals surface area (Å²) in [6.45, 7) is 7.74. The van der Waals surface area contributed by atoms with Gasteiger partial charge in [0.15, 0.2) is 0 Å². The Bertz CT molecular complexity index is 672. The maximum Gasteiger partial charge on any atom is 0.227 e. The van der Waals surface area contributed by atoms with Gasteiger partial charge in [-0.15, -0.1) is 0 Å². The molecule has 1 heterocycles. The maximum atomic E-state index is 12.8. The molecule has 5 nitrogen and oxygen atoms in total. The van der Waals surface area contributed by atoms with E-state index in [1.54, 1.807) is 0 Å². The van der Waals surface area contributed by atoms with Gasteiger partial charge in [-0.3, -0.25) is 9.59 Å². The second-order valence-electron chi connectivity index (χ2n) is 8.13. The summed E-state index contributed by atoms with van der Waals surface area (Å²) in [6.07, 6.45) is 4.19. The van der Waals surface area contributed by atoms with Crippen molar-refractivity contribution in [1.82, 2.24) is 9.80 Å². The molecule has 0 spiro atoms. The van der Waals surface area contributed by atoms with Crippen LogP contribution in [0.1, 0.15) is 43.7 Å². The van der Waals surface area contributed by atoms with Gasteiger partial charge in [-0.1, -0.05) is 25.1 Å². The first-order valence-electron chi connectivity index (χ1n) is 10.4. The summed E-state index contributed by atoms with van der Waals surface area (Å²) in [4.78, 5) is 29.8. The van der Waals surface area contributed by atoms with Crippen molar-refractivity contribution < 1.29 is 9.59 Å². The Kier molecular flexibility index (Phi) is 6.53. The third-order valence-corrected chi connectivity index (χ3v) is 6.25. The highest BCUT2D eigenvalue weighted by molar-refractivity contribution is 5.94. The van der Waals surface area contributed by atoms with Crippen LogP contribution < -0.4 is 5.32 Å². The Morgan fingerprint density at radius 2 is 1.67 bits per heavy atom. The number of carbonyl (C=O) groups excluding carboxylic acids is 2. The van der Waals surface area contributed by atoms with Gasteiger partial charge < -0.3 is 15.1 Å². The van der Waals surface area contributed by atoms with Crippen LogP contribution in [0.25, 0.3) is 0 Å². The zero-order valence-corrected chi connectivity index (χ0v) is 17.0. The maximum absolute atomic E-state index is 12.8. The molecule has 1 N–H and O–H groups in total. The Balaban J connectivity index is 1.53. The number of hydrogen-bond acceptors (Lipinski definition) is 3. The predicted octanol–water partition coefficient (Wildman–Crippen LogP) is 3.08. The fourth-order valence-corrected chi connectivity index (χ4v) is 4.31. The molecular formula is C22H33N3O2. The van der Waals surface area contributed by atoms with E-state index in [-0.39, 0.29) is 17.7 Å². The normalized spacial score (nSPS) is 23.9. The number of nitrogens with zero attached hydrogens (tertiary/aromatic N) is 2. The van der Waals surface area contributed by atoms with Crippen LogP contribution in [-0.4, -0.2) is 54.8 Å². The van der Waals surface area contributed by atoms with E-state index in [2.05, 4.69) is 30.3 Å². The van der Waals surface area contributed by atoms with Gasteiger partial charge in [0.25, 0.3) is 0 Å². The van der Waals surface area contributed by atoms with Gasteiger partial charge in [-0.2, -0.15) is 0 Å². The topological polar surface area (TPSA) is 52.7 Å². The summed E-state index contributed by atoms with van der Waals surface area (Å²) >= 11 is 0. The smallest absolute Gasteiger partial charge is 0.227 e. The molecule has 0 atom stereocenters. The average Bonchev–Trinajstić information content (AvgIpc) is 2.69. The number of carbonyl (C=O) groups is 2. The van der Waals surface area contributed by atoms with E-state index < -0.39 is 0 Å². The average molecular weight is 372 g/mol. The largest absolute Gasteiger partial charge is 0.340 e. The molecule has 0 radical (unpaired) electrons. The van der Waals surface area contributed by atoms with Crippen LogP contribution in [-0.2, 0) is 16.0 Å². The molecule has 2 fully saturated rings. The van der Waals surface area contributed by atoms with Gasteiger partial charge in [0.2, 0.25) is 11.8 Å². The summed E-state index contributed by atoms with van der Waals surface area (Å²) in [7, 11) is 2.10. The molecule has 1 saturated carbocycles. The fourth-order valence-electron chi connectivity index (χ4n) is 4.31. The first kappa shape index (κ1) is 19.9. The molecule has 0 aromatic heterocycles. The first-order valence-corrected chi connectivity index (χ1v) is 10.4. The molecule has 2 aliphatic rings. The second kappa shape index (κ2) is 8.87. The Hall–Kier alpha value is -1.88. The standard InChI is InChI=1S/C22H33N3O2/c1-4-17-7-5-6-16(2)20(17)23-21(26)18-8-10-19(11-9-18)22(27)25-14-12-24(3)13-15-25/h5-7,18-19H,4,8-15H2,1-3H3,(H,23,26). The second-order valence-corrected chi connectivity index (χ2v) is 8.13. The Labute approximate surface area is 163 Å². The number of piperazine rings is 1. The van der Waals surface area contributed by atoms with Crippen LogP contribution in [0.2, 0.25) is 0 Å². The third kappa shape index (κ3) is 4.70. The molecule has 2 amide bonds. The molecule has 148 valence electrons. The minimum absolute atomic E-state index is 0.0193. The van der Waals surface area contributed by atoms with Crippen LogP contribution >= 0.6 is 0 Å². The van der Waals surface area contributed by atoms with Crippen LogP contribution in [0, 0.1) is 18.8 Å². The van der Waals surface area contributed by atoms with Gasteiger partial charge in [-0.25, -0.2) is 0 Å². The lowest BCUT2D eigenvalue weighted by molar-refractivity contribution is -0.139. The lowest BCUT2D eigenvalue weighted by Crippen LogP contribution is -2.49.